The zero-order valence-corrected chi connectivity index (χ0v) is 11.8. The number of nitrogens with one attached hydrogen (secondary N) is 1. The fourth-order valence-corrected chi connectivity index (χ4v) is 2.03. The molecule has 0 aliphatic rings. The van der Waals surface area contributed by atoms with Gasteiger partial charge in [-0.3, -0.25) is 4.79 Å². The number of H-pyrrole nitrogens is 1. The predicted octanol–water partition coefficient (Wildman–Crippen LogP) is -1.13. The molecule has 4 heteroatoms. The molecule has 2 aromatic heterocycles. The molecule has 0 unspecified atom stereocenters. The van der Waals surface area contributed by atoms with E-state index in [2.05, 4.69) is 21.7 Å². The van der Waals surface area contributed by atoms with Crippen LogP contribution in [0.4, 0.5) is 0 Å². The molecule has 1 aromatic carbocycles. The highest BCUT2D eigenvalue weighted by atomic mass is 79.9. The second-order valence-corrected chi connectivity index (χ2v) is 4.29. The Morgan fingerprint density at radius 1 is 1.00 bits per heavy atom. The molecule has 3 aromatic rings. The van der Waals surface area contributed by atoms with Crippen molar-refractivity contribution in [1.29, 1.82) is 0 Å². The highest BCUT2D eigenvalue weighted by Gasteiger charge is 2.04. The molecule has 96 valence electrons. The van der Waals surface area contributed by atoms with Crippen LogP contribution in [0.1, 0.15) is 5.56 Å². The maximum absolute atomic E-state index is 11.3. The number of hydrogen-bond donors (Lipinski definition) is 1. The molecule has 0 atom stereocenters. The van der Waals surface area contributed by atoms with E-state index in [4.69, 9.17) is 0 Å². The molecule has 0 bridgehead atoms. The fourth-order valence-electron chi connectivity index (χ4n) is 2.03. The van der Waals surface area contributed by atoms with Gasteiger partial charge in [-0.1, -0.05) is 30.3 Å². The van der Waals surface area contributed by atoms with Crippen molar-refractivity contribution >= 4 is 10.9 Å². The number of benzene rings is 1. The van der Waals surface area contributed by atoms with Crippen molar-refractivity contribution in [2.24, 2.45) is 0 Å². The van der Waals surface area contributed by atoms with Crippen molar-refractivity contribution in [1.82, 2.24) is 4.98 Å². The van der Waals surface area contributed by atoms with Crippen LogP contribution in [0.25, 0.3) is 10.9 Å². The van der Waals surface area contributed by atoms with Gasteiger partial charge in [0.25, 0.3) is 0 Å². The first-order chi connectivity index (χ1) is 8.81. The van der Waals surface area contributed by atoms with Crippen LogP contribution < -0.4 is 27.1 Å². The minimum absolute atomic E-state index is 0. The smallest absolute Gasteiger partial charge is 0.248 e. The number of aromatic amines is 1. The van der Waals surface area contributed by atoms with E-state index in [-0.39, 0.29) is 22.5 Å². The van der Waals surface area contributed by atoms with Gasteiger partial charge in [0.05, 0.1) is 0 Å². The first-order valence-electron chi connectivity index (χ1n) is 5.87. The quantitative estimate of drug-likeness (QED) is 0.597. The van der Waals surface area contributed by atoms with Crippen LogP contribution in [0.2, 0.25) is 0 Å². The number of pyridine rings is 2. The van der Waals surface area contributed by atoms with E-state index in [0.717, 1.165) is 17.4 Å². The Hall–Kier alpha value is -1.94. The maximum Gasteiger partial charge on any atom is 0.248 e. The number of rotatable bonds is 2. The van der Waals surface area contributed by atoms with Crippen molar-refractivity contribution < 1.29 is 21.5 Å². The molecular formula is C15H13BrN2O. The second kappa shape index (κ2) is 5.80. The summed E-state index contributed by atoms with van der Waals surface area (Å²) in [4.78, 5) is 14.1. The monoisotopic (exact) mass is 316 g/mol. The molecule has 0 fully saturated rings. The Labute approximate surface area is 121 Å². The fraction of sp³-hybridized carbons (Fsp3) is 0.0667. The third-order valence-corrected chi connectivity index (χ3v) is 2.93. The summed E-state index contributed by atoms with van der Waals surface area (Å²) in [6.07, 6.45) is 3.98. The summed E-state index contributed by atoms with van der Waals surface area (Å²) in [6.45, 7) is 0.799. The summed E-state index contributed by atoms with van der Waals surface area (Å²) in [6, 6.07) is 15.6. The third-order valence-electron chi connectivity index (χ3n) is 2.93. The summed E-state index contributed by atoms with van der Waals surface area (Å²) in [5.74, 6) is 0. The largest absolute Gasteiger partial charge is 1.00 e. The Morgan fingerprint density at radius 2 is 1.79 bits per heavy atom. The van der Waals surface area contributed by atoms with Gasteiger partial charge in [-0.15, -0.1) is 0 Å². The molecule has 0 aliphatic carbocycles. The van der Waals surface area contributed by atoms with Gasteiger partial charge >= 0.3 is 0 Å². The van der Waals surface area contributed by atoms with Crippen LogP contribution in [-0.4, -0.2) is 4.98 Å². The maximum atomic E-state index is 11.3. The predicted molar refractivity (Wildman–Crippen MR) is 70.3 cm³/mol. The molecule has 0 aliphatic heterocycles. The molecule has 0 spiro atoms. The minimum atomic E-state index is -0.0695. The lowest BCUT2D eigenvalue weighted by Crippen LogP contribution is -3.00. The Balaban J connectivity index is 0.00000133. The van der Waals surface area contributed by atoms with Gasteiger partial charge in [0.2, 0.25) is 5.56 Å². The van der Waals surface area contributed by atoms with Crippen LogP contribution in [-0.2, 0) is 6.54 Å². The Kier molecular flexibility index (Phi) is 4.12. The van der Waals surface area contributed by atoms with Crippen LogP contribution in [0.3, 0.4) is 0 Å². The zero-order valence-electron chi connectivity index (χ0n) is 10.2. The zero-order chi connectivity index (χ0) is 12.4. The SMILES string of the molecule is O=c1ccc2cc[n+](Cc3ccccc3)cc2[nH]1.[Br-]. The summed E-state index contributed by atoms with van der Waals surface area (Å²) in [5.41, 5.74) is 2.03. The normalized spacial score (nSPS) is 10.1. The summed E-state index contributed by atoms with van der Waals surface area (Å²) >= 11 is 0. The first kappa shape index (κ1) is 13.5. The minimum Gasteiger partial charge on any atom is -1.00 e. The Morgan fingerprint density at radius 3 is 2.58 bits per heavy atom. The highest BCUT2D eigenvalue weighted by Crippen LogP contribution is 2.05. The second-order valence-electron chi connectivity index (χ2n) is 4.29. The number of hydrogen-bond acceptors (Lipinski definition) is 1. The van der Waals surface area contributed by atoms with E-state index in [0.29, 0.717) is 0 Å². The molecule has 0 saturated heterocycles. The van der Waals surface area contributed by atoms with E-state index in [1.807, 2.05) is 42.7 Å². The molecule has 3 rings (SSSR count). The number of aromatic nitrogens is 2. The topological polar surface area (TPSA) is 36.7 Å². The number of fused-ring (bicyclic) bond motifs is 1. The molecule has 0 radical (unpaired) electrons. The van der Waals surface area contributed by atoms with Crippen LogP contribution >= 0.6 is 0 Å². The lowest BCUT2D eigenvalue weighted by molar-refractivity contribution is -0.687. The molecule has 3 nitrogen and oxygen atoms in total. The van der Waals surface area contributed by atoms with E-state index in [9.17, 15) is 4.79 Å². The van der Waals surface area contributed by atoms with E-state index >= 15 is 0 Å². The van der Waals surface area contributed by atoms with E-state index < -0.39 is 0 Å². The Bertz CT molecular complexity index is 738. The standard InChI is InChI=1S/C15H12N2O.BrH/c18-15-7-6-13-8-9-17(11-14(13)16-15)10-12-4-2-1-3-5-12;/h1-9,11H,10H2;1H. The average Bonchev–Trinajstić information content (AvgIpc) is 2.39. The lowest BCUT2D eigenvalue weighted by Gasteiger charge is -1.99. The first-order valence-corrected chi connectivity index (χ1v) is 5.87. The van der Waals surface area contributed by atoms with Crippen LogP contribution in [0.15, 0.2) is 65.7 Å². The van der Waals surface area contributed by atoms with Crippen molar-refractivity contribution in [3.8, 4) is 0 Å². The number of nitrogens with zero attached hydrogens (tertiary/aromatic N) is 1. The van der Waals surface area contributed by atoms with Crippen molar-refractivity contribution in [2.75, 3.05) is 0 Å². The van der Waals surface area contributed by atoms with Crippen LogP contribution in [0, 0.1) is 0 Å². The molecule has 0 saturated carbocycles. The van der Waals surface area contributed by atoms with Gasteiger partial charge < -0.3 is 22.0 Å². The van der Waals surface area contributed by atoms with Crippen molar-refractivity contribution in [2.45, 2.75) is 6.54 Å². The van der Waals surface area contributed by atoms with Gasteiger partial charge in [0, 0.05) is 23.1 Å². The molecule has 19 heavy (non-hydrogen) atoms. The van der Waals surface area contributed by atoms with Crippen LogP contribution in [0.5, 0.6) is 0 Å². The molecular weight excluding hydrogens is 304 g/mol. The molecule has 1 N–H and O–H groups in total. The summed E-state index contributed by atoms with van der Waals surface area (Å²) in [7, 11) is 0. The number of halogens is 1. The van der Waals surface area contributed by atoms with Crippen molar-refractivity contribution in [3.05, 3.63) is 76.8 Å². The van der Waals surface area contributed by atoms with Gasteiger partial charge in [0.1, 0.15) is 5.52 Å². The molecule has 0 amide bonds. The summed E-state index contributed by atoms with van der Waals surface area (Å²) in [5, 5.41) is 1.04. The van der Waals surface area contributed by atoms with Gasteiger partial charge in [-0.25, -0.2) is 0 Å². The third kappa shape index (κ3) is 3.09. The van der Waals surface area contributed by atoms with Gasteiger partial charge in [-0.05, 0) is 6.07 Å². The van der Waals surface area contributed by atoms with Crippen molar-refractivity contribution in [3.63, 3.8) is 0 Å². The van der Waals surface area contributed by atoms with Gasteiger partial charge in [-0.2, -0.15) is 4.57 Å². The lowest BCUT2D eigenvalue weighted by atomic mass is 10.2. The van der Waals surface area contributed by atoms with E-state index in [1.54, 1.807) is 6.07 Å². The molecule has 2 heterocycles. The van der Waals surface area contributed by atoms with E-state index in [1.165, 1.54) is 5.56 Å². The highest BCUT2D eigenvalue weighted by molar-refractivity contribution is 5.75. The summed E-state index contributed by atoms with van der Waals surface area (Å²) < 4.78 is 2.06. The average molecular weight is 317 g/mol. The van der Waals surface area contributed by atoms with Gasteiger partial charge in [0.15, 0.2) is 18.9 Å².